The average molecular weight is 777 g/mol. The highest BCUT2D eigenvalue weighted by molar-refractivity contribution is 7.91. The first-order valence-electron chi connectivity index (χ1n) is 20.3. The number of allylic oxidation sites excluding steroid dienone is 1. The molecule has 296 valence electrons. The molecule has 3 aliphatic heterocycles. The summed E-state index contributed by atoms with van der Waals surface area (Å²) in [7, 11) is -3.86. The highest BCUT2D eigenvalue weighted by Crippen LogP contribution is 2.46. The van der Waals surface area contributed by atoms with Crippen molar-refractivity contribution in [3.63, 3.8) is 0 Å². The SMILES string of the molecule is O=C1N[C@H]2CCCCCC/C=C\[C@H]3C[C@]3(C(=O)NS(=O)(=O)C3CC3)NC(=O)[C@@H]3C[C@H](CN3CC2=O)Oc2nc3ccccc3nc2CCCCC[C@@H]2C[C@H]2O1. The van der Waals surface area contributed by atoms with Crippen molar-refractivity contribution >= 4 is 44.7 Å². The van der Waals surface area contributed by atoms with Crippen LogP contribution in [0.25, 0.3) is 11.0 Å². The fraction of sp³-hybridized carbons (Fsp3) is 0.650. The number of sulfonamides is 1. The summed E-state index contributed by atoms with van der Waals surface area (Å²) in [5.74, 6) is -1.14. The fourth-order valence-corrected chi connectivity index (χ4v) is 9.87. The van der Waals surface area contributed by atoms with Gasteiger partial charge in [-0.05, 0) is 82.3 Å². The summed E-state index contributed by atoms with van der Waals surface area (Å²) in [5, 5.41) is 5.24. The number of para-hydroxylation sites is 2. The number of hydrogen-bond donors (Lipinski definition) is 3. The van der Waals surface area contributed by atoms with Gasteiger partial charge >= 0.3 is 6.09 Å². The van der Waals surface area contributed by atoms with Crippen LogP contribution in [0, 0.1) is 11.8 Å². The molecule has 3 saturated carbocycles. The van der Waals surface area contributed by atoms with Crippen molar-refractivity contribution in [3.05, 3.63) is 42.1 Å². The molecule has 3 bridgehead atoms. The maximum absolute atomic E-state index is 14.4. The van der Waals surface area contributed by atoms with Gasteiger partial charge in [0.25, 0.3) is 5.91 Å². The third kappa shape index (κ3) is 8.82. The molecule has 8 rings (SSSR count). The number of aryl methyl sites for hydroxylation is 1. The monoisotopic (exact) mass is 776 g/mol. The number of amides is 3. The minimum Gasteiger partial charge on any atom is -0.472 e. The van der Waals surface area contributed by atoms with Crippen LogP contribution in [0.15, 0.2) is 36.4 Å². The Morgan fingerprint density at radius 3 is 2.49 bits per heavy atom. The van der Waals surface area contributed by atoms with Gasteiger partial charge in [0.05, 0.1) is 34.9 Å². The van der Waals surface area contributed by atoms with Gasteiger partial charge in [-0.15, -0.1) is 0 Å². The minimum atomic E-state index is -3.86. The second kappa shape index (κ2) is 15.8. The molecule has 8 atom stereocenters. The highest BCUT2D eigenvalue weighted by atomic mass is 32.2. The molecular weight excluding hydrogens is 725 g/mol. The van der Waals surface area contributed by atoms with E-state index in [1.54, 1.807) is 4.90 Å². The van der Waals surface area contributed by atoms with Crippen molar-refractivity contribution in [2.75, 3.05) is 13.1 Å². The number of ether oxygens (including phenoxy) is 2. The van der Waals surface area contributed by atoms with Crippen LogP contribution in [0.1, 0.15) is 102 Å². The number of nitrogens with zero attached hydrogens (tertiary/aromatic N) is 3. The van der Waals surface area contributed by atoms with Crippen molar-refractivity contribution in [1.29, 1.82) is 0 Å². The second-order valence-corrected chi connectivity index (χ2v) is 18.4. The molecule has 4 fully saturated rings. The van der Waals surface area contributed by atoms with E-state index in [4.69, 9.17) is 19.4 Å². The molecule has 0 radical (unpaired) electrons. The molecule has 1 aromatic carbocycles. The predicted molar refractivity (Wildman–Crippen MR) is 202 cm³/mol. The van der Waals surface area contributed by atoms with Crippen LogP contribution in [0.2, 0.25) is 0 Å². The Morgan fingerprint density at radius 1 is 0.909 bits per heavy atom. The molecule has 3 N–H and O–H groups in total. The molecule has 1 saturated heterocycles. The first-order chi connectivity index (χ1) is 26.6. The first kappa shape index (κ1) is 37.8. The van der Waals surface area contributed by atoms with Gasteiger partial charge in [0.2, 0.25) is 21.8 Å². The van der Waals surface area contributed by atoms with Gasteiger partial charge in [-0.1, -0.05) is 56.4 Å². The van der Waals surface area contributed by atoms with E-state index < -0.39 is 56.9 Å². The highest BCUT2D eigenvalue weighted by Gasteiger charge is 2.62. The summed E-state index contributed by atoms with van der Waals surface area (Å²) < 4.78 is 40.4. The zero-order valence-corrected chi connectivity index (χ0v) is 32.1. The number of aromatic nitrogens is 2. The molecule has 1 unspecified atom stereocenters. The van der Waals surface area contributed by atoms with E-state index >= 15 is 0 Å². The molecule has 4 heterocycles. The molecule has 2 aromatic rings. The van der Waals surface area contributed by atoms with Crippen LogP contribution in [-0.4, -0.2) is 95.1 Å². The normalized spacial score (nSPS) is 34.1. The second-order valence-electron chi connectivity index (χ2n) is 16.5. The van der Waals surface area contributed by atoms with Crippen LogP contribution < -0.4 is 20.1 Å². The van der Waals surface area contributed by atoms with E-state index in [0.29, 0.717) is 43.0 Å². The molecule has 1 aromatic heterocycles. The lowest BCUT2D eigenvalue weighted by atomic mass is 10.0. The smallest absolute Gasteiger partial charge is 0.408 e. The van der Waals surface area contributed by atoms with Gasteiger partial charge in [-0.2, -0.15) is 0 Å². The molecule has 14 nitrogen and oxygen atoms in total. The van der Waals surface area contributed by atoms with Crippen molar-refractivity contribution in [2.24, 2.45) is 11.8 Å². The topological polar surface area (TPSA) is 186 Å². The summed E-state index contributed by atoms with van der Waals surface area (Å²) >= 11 is 0. The van der Waals surface area contributed by atoms with E-state index in [9.17, 15) is 27.6 Å². The van der Waals surface area contributed by atoms with Crippen LogP contribution in [0.3, 0.4) is 0 Å². The lowest BCUT2D eigenvalue weighted by Crippen LogP contribution is -2.57. The molecular formula is C40H52N6O8S. The molecule has 3 aliphatic carbocycles. The van der Waals surface area contributed by atoms with Gasteiger partial charge < -0.3 is 20.1 Å². The molecule has 6 aliphatic rings. The van der Waals surface area contributed by atoms with Crippen molar-refractivity contribution in [2.45, 2.75) is 138 Å². The lowest BCUT2D eigenvalue weighted by molar-refractivity contribution is -0.132. The molecule has 3 amide bonds. The van der Waals surface area contributed by atoms with Crippen LogP contribution in [0.4, 0.5) is 4.79 Å². The third-order valence-corrected chi connectivity index (χ3v) is 14.0. The summed E-state index contributed by atoms with van der Waals surface area (Å²) in [6, 6.07) is 5.93. The third-order valence-electron chi connectivity index (χ3n) is 12.1. The lowest BCUT2D eigenvalue weighted by Gasteiger charge is -2.27. The summed E-state index contributed by atoms with van der Waals surface area (Å²) in [6.07, 6.45) is 13.9. The number of carbonyl (C=O) groups excluding carboxylic acids is 4. The van der Waals surface area contributed by atoms with E-state index in [1.807, 2.05) is 36.4 Å². The van der Waals surface area contributed by atoms with Crippen LogP contribution in [-0.2, 0) is 35.6 Å². The van der Waals surface area contributed by atoms with Crippen molar-refractivity contribution in [1.82, 2.24) is 30.2 Å². The van der Waals surface area contributed by atoms with E-state index in [0.717, 1.165) is 75.4 Å². The van der Waals surface area contributed by atoms with Crippen LogP contribution in [0.5, 0.6) is 5.88 Å². The summed E-state index contributed by atoms with van der Waals surface area (Å²) in [4.78, 5) is 67.1. The number of fused-ring (bicyclic) bond motifs is 7. The number of Topliss-reactive ketones (excluding diaryl/α,β-unsaturated/α-hetero) is 1. The summed E-state index contributed by atoms with van der Waals surface area (Å²) in [5.41, 5.74) is 0.748. The number of alkyl carbamates (subject to hydrolysis) is 1. The number of nitrogens with one attached hydrogen (secondary N) is 3. The Balaban J connectivity index is 1.10. The number of carbonyl (C=O) groups is 4. The van der Waals surface area contributed by atoms with Gasteiger partial charge in [0.1, 0.15) is 23.4 Å². The van der Waals surface area contributed by atoms with E-state index in [-0.39, 0.29) is 43.7 Å². The quantitative estimate of drug-likeness (QED) is 0.383. The predicted octanol–water partition coefficient (Wildman–Crippen LogP) is 4.01. The fourth-order valence-electron chi connectivity index (χ4n) is 8.50. The van der Waals surface area contributed by atoms with Crippen molar-refractivity contribution in [3.8, 4) is 5.88 Å². The maximum atomic E-state index is 14.4. The van der Waals surface area contributed by atoms with Gasteiger partial charge in [0.15, 0.2) is 5.78 Å². The van der Waals surface area contributed by atoms with Gasteiger partial charge in [-0.3, -0.25) is 24.0 Å². The summed E-state index contributed by atoms with van der Waals surface area (Å²) in [6.45, 7) is 0.0566. The van der Waals surface area contributed by atoms with Crippen LogP contribution >= 0.6 is 0 Å². The minimum absolute atomic E-state index is 0.149. The van der Waals surface area contributed by atoms with Crippen molar-refractivity contribution < 1.29 is 37.1 Å². The molecule has 0 spiro atoms. The zero-order valence-electron chi connectivity index (χ0n) is 31.2. The Morgan fingerprint density at radius 2 is 1.67 bits per heavy atom. The first-order valence-corrected chi connectivity index (χ1v) is 21.8. The Hall–Kier alpha value is -4.11. The maximum Gasteiger partial charge on any atom is 0.408 e. The number of ketones is 1. The average Bonchev–Trinajstić information content (AvgIpc) is 4.08. The molecule has 15 heteroatoms. The number of hydrogen-bond acceptors (Lipinski definition) is 11. The number of rotatable bonds is 3. The van der Waals surface area contributed by atoms with E-state index in [1.165, 1.54) is 0 Å². The number of benzene rings is 1. The largest absolute Gasteiger partial charge is 0.472 e. The van der Waals surface area contributed by atoms with Gasteiger partial charge in [0, 0.05) is 18.9 Å². The van der Waals surface area contributed by atoms with Gasteiger partial charge in [-0.25, -0.2) is 23.2 Å². The molecule has 55 heavy (non-hydrogen) atoms. The Kier molecular flexibility index (Phi) is 10.9. The Labute approximate surface area is 322 Å². The van der Waals surface area contributed by atoms with E-state index in [2.05, 4.69) is 15.4 Å². The zero-order chi connectivity index (χ0) is 38.2. The Bertz CT molecular complexity index is 1950. The standard InChI is InChI=1S/C40H52N6O8S/c47-34-24-46-23-27-21-33(46)36(48)44-40(38(49)45-55(51,52)28-18-19-28)22-26(40)13-7-3-1-2-4-8-16-31(34)43-39(50)54-35-20-25(35)12-6-5-9-17-32-37(53-27)42-30-15-11-10-14-29(30)41-32/h7,10-11,13-15,25-28,31,33,35H,1-6,8-9,12,16-24H2,(H,43,50)(H,44,48)(H,45,49)/b13-7-/t25-,26+,27-,31+,33+,35-,40+/m1/s1.